The van der Waals surface area contributed by atoms with E-state index in [2.05, 4.69) is 10.3 Å². The highest BCUT2D eigenvalue weighted by Crippen LogP contribution is 2.28. The van der Waals surface area contributed by atoms with Crippen LogP contribution in [0.15, 0.2) is 47.5 Å². The average Bonchev–Trinajstić information content (AvgIpc) is 2.53. The molecule has 0 atom stereocenters. The second-order valence-electron chi connectivity index (χ2n) is 4.52. The van der Waals surface area contributed by atoms with E-state index in [1.54, 1.807) is 44.6 Å². The van der Waals surface area contributed by atoms with Gasteiger partial charge in [-0.3, -0.25) is 0 Å². The zero-order valence-electron chi connectivity index (χ0n) is 12.5. The van der Waals surface area contributed by atoms with Gasteiger partial charge in [-0.05, 0) is 29.8 Å². The lowest BCUT2D eigenvalue weighted by atomic mass is 10.2. The molecule has 2 aromatic rings. The molecule has 0 bridgehead atoms. The van der Waals surface area contributed by atoms with E-state index in [0.29, 0.717) is 17.2 Å². The standard InChI is InChI=1S/C16H18FN3O2/c1-21-13-6-7-15(22-2)14(9-13)20-16(18)19-10-11-4-3-5-12(17)8-11/h3-9H,10H2,1-2H3,(H3,18,19,20). The summed E-state index contributed by atoms with van der Waals surface area (Å²) < 4.78 is 23.5. The normalized spacial score (nSPS) is 11.1. The Bertz CT molecular complexity index is 674. The molecule has 0 saturated carbocycles. The Morgan fingerprint density at radius 3 is 2.68 bits per heavy atom. The summed E-state index contributed by atoms with van der Waals surface area (Å²) in [6, 6.07) is 11.5. The Morgan fingerprint density at radius 1 is 1.18 bits per heavy atom. The van der Waals surface area contributed by atoms with E-state index in [1.807, 2.05) is 0 Å². The molecule has 2 rings (SSSR count). The molecular formula is C16H18FN3O2. The Hall–Kier alpha value is -2.76. The summed E-state index contributed by atoms with van der Waals surface area (Å²) in [5, 5.41) is 2.95. The highest BCUT2D eigenvalue weighted by molar-refractivity contribution is 5.94. The fourth-order valence-corrected chi connectivity index (χ4v) is 1.90. The molecule has 116 valence electrons. The van der Waals surface area contributed by atoms with Crippen LogP contribution in [0.25, 0.3) is 0 Å². The topological polar surface area (TPSA) is 68.9 Å². The number of hydrogen-bond donors (Lipinski definition) is 2. The number of benzene rings is 2. The van der Waals surface area contributed by atoms with Crippen LogP contribution in [0.1, 0.15) is 5.56 Å². The lowest BCUT2D eigenvalue weighted by Gasteiger charge is -2.12. The van der Waals surface area contributed by atoms with Crippen molar-refractivity contribution in [2.45, 2.75) is 6.54 Å². The molecular weight excluding hydrogens is 285 g/mol. The number of nitrogens with two attached hydrogens (primary N) is 1. The van der Waals surface area contributed by atoms with Gasteiger partial charge in [0, 0.05) is 6.07 Å². The number of nitrogens with one attached hydrogen (secondary N) is 1. The first kappa shape index (κ1) is 15.6. The maximum atomic E-state index is 13.1. The molecule has 0 aromatic heterocycles. The highest BCUT2D eigenvalue weighted by atomic mass is 19.1. The number of anilines is 1. The Morgan fingerprint density at radius 2 is 2.00 bits per heavy atom. The van der Waals surface area contributed by atoms with Crippen molar-refractivity contribution in [2.75, 3.05) is 19.5 Å². The molecule has 0 aliphatic heterocycles. The summed E-state index contributed by atoms with van der Waals surface area (Å²) >= 11 is 0. The minimum absolute atomic E-state index is 0.204. The summed E-state index contributed by atoms with van der Waals surface area (Å²) in [5.74, 6) is 1.19. The second-order valence-corrected chi connectivity index (χ2v) is 4.52. The number of ether oxygens (including phenoxy) is 2. The van der Waals surface area contributed by atoms with Crippen LogP contribution >= 0.6 is 0 Å². The van der Waals surface area contributed by atoms with Crippen LogP contribution in [-0.2, 0) is 6.54 Å². The minimum Gasteiger partial charge on any atom is -0.497 e. The summed E-state index contributed by atoms with van der Waals surface area (Å²) in [6.45, 7) is 0.281. The number of guanidine groups is 1. The molecule has 0 aliphatic rings. The van der Waals surface area contributed by atoms with Crippen molar-refractivity contribution in [1.29, 1.82) is 0 Å². The fraction of sp³-hybridized carbons (Fsp3) is 0.188. The van der Waals surface area contributed by atoms with Gasteiger partial charge in [0.15, 0.2) is 5.96 Å². The van der Waals surface area contributed by atoms with Gasteiger partial charge in [-0.2, -0.15) is 0 Å². The van der Waals surface area contributed by atoms with Crippen molar-refractivity contribution in [3.05, 3.63) is 53.8 Å². The van der Waals surface area contributed by atoms with E-state index >= 15 is 0 Å². The Labute approximate surface area is 128 Å². The van der Waals surface area contributed by atoms with E-state index in [0.717, 1.165) is 5.56 Å². The molecule has 0 saturated heterocycles. The molecule has 0 fully saturated rings. The van der Waals surface area contributed by atoms with Crippen LogP contribution in [0.5, 0.6) is 11.5 Å². The number of methoxy groups -OCH3 is 2. The van der Waals surface area contributed by atoms with Crippen LogP contribution in [0, 0.1) is 5.82 Å². The van der Waals surface area contributed by atoms with E-state index in [1.165, 1.54) is 12.1 Å². The Kier molecular flexibility index (Phi) is 5.19. The second kappa shape index (κ2) is 7.31. The monoisotopic (exact) mass is 303 g/mol. The molecule has 0 heterocycles. The van der Waals surface area contributed by atoms with Gasteiger partial charge in [-0.1, -0.05) is 12.1 Å². The minimum atomic E-state index is -0.298. The van der Waals surface area contributed by atoms with Crippen molar-refractivity contribution in [1.82, 2.24) is 0 Å². The van der Waals surface area contributed by atoms with Crippen molar-refractivity contribution in [3.63, 3.8) is 0 Å². The van der Waals surface area contributed by atoms with Crippen LogP contribution in [0.4, 0.5) is 10.1 Å². The van der Waals surface area contributed by atoms with Gasteiger partial charge < -0.3 is 20.5 Å². The molecule has 0 unspecified atom stereocenters. The third-order valence-corrected chi connectivity index (χ3v) is 2.99. The molecule has 2 aromatic carbocycles. The van der Waals surface area contributed by atoms with Crippen molar-refractivity contribution >= 4 is 11.6 Å². The quantitative estimate of drug-likeness (QED) is 0.658. The van der Waals surface area contributed by atoms with Crippen molar-refractivity contribution < 1.29 is 13.9 Å². The molecule has 0 spiro atoms. The molecule has 22 heavy (non-hydrogen) atoms. The van der Waals surface area contributed by atoms with Gasteiger partial charge in [0.2, 0.25) is 0 Å². The summed E-state index contributed by atoms with van der Waals surface area (Å²) in [4.78, 5) is 4.18. The third-order valence-electron chi connectivity index (χ3n) is 2.99. The average molecular weight is 303 g/mol. The third kappa shape index (κ3) is 4.12. The first-order valence-corrected chi connectivity index (χ1v) is 6.66. The first-order valence-electron chi connectivity index (χ1n) is 6.66. The van der Waals surface area contributed by atoms with Gasteiger partial charge in [-0.15, -0.1) is 0 Å². The lowest BCUT2D eigenvalue weighted by Crippen LogP contribution is -2.23. The number of nitrogens with zero attached hydrogens (tertiary/aromatic N) is 1. The predicted octanol–water partition coefficient (Wildman–Crippen LogP) is 2.77. The van der Waals surface area contributed by atoms with Gasteiger partial charge in [0.25, 0.3) is 0 Å². The van der Waals surface area contributed by atoms with Crippen LogP contribution in [0.3, 0.4) is 0 Å². The molecule has 0 amide bonds. The van der Waals surface area contributed by atoms with Crippen LogP contribution in [0.2, 0.25) is 0 Å². The fourth-order valence-electron chi connectivity index (χ4n) is 1.90. The van der Waals surface area contributed by atoms with Crippen LogP contribution in [-0.4, -0.2) is 20.2 Å². The number of halogens is 1. The number of aliphatic imine (C=N–C) groups is 1. The number of rotatable bonds is 5. The van der Waals surface area contributed by atoms with Gasteiger partial charge in [-0.25, -0.2) is 9.38 Å². The molecule has 6 heteroatoms. The predicted molar refractivity (Wildman–Crippen MR) is 84.9 cm³/mol. The first-order chi connectivity index (χ1) is 10.6. The number of hydrogen-bond acceptors (Lipinski definition) is 3. The van der Waals surface area contributed by atoms with E-state index in [4.69, 9.17) is 15.2 Å². The van der Waals surface area contributed by atoms with Gasteiger partial charge in [0.1, 0.15) is 17.3 Å². The summed E-state index contributed by atoms with van der Waals surface area (Å²) in [7, 11) is 3.14. The zero-order chi connectivity index (χ0) is 15.9. The van der Waals surface area contributed by atoms with E-state index < -0.39 is 0 Å². The van der Waals surface area contributed by atoms with Crippen molar-refractivity contribution in [2.24, 2.45) is 10.7 Å². The molecule has 3 N–H and O–H groups in total. The van der Waals surface area contributed by atoms with E-state index in [9.17, 15) is 4.39 Å². The van der Waals surface area contributed by atoms with Crippen molar-refractivity contribution in [3.8, 4) is 11.5 Å². The smallest absolute Gasteiger partial charge is 0.193 e. The Balaban J connectivity index is 2.10. The SMILES string of the molecule is COc1ccc(OC)c(NC(N)=NCc2cccc(F)c2)c1. The molecule has 0 radical (unpaired) electrons. The maximum Gasteiger partial charge on any atom is 0.193 e. The van der Waals surface area contributed by atoms with Crippen LogP contribution < -0.4 is 20.5 Å². The summed E-state index contributed by atoms with van der Waals surface area (Å²) in [6.07, 6.45) is 0. The molecule has 0 aliphatic carbocycles. The molecule has 5 nitrogen and oxygen atoms in total. The summed E-state index contributed by atoms with van der Waals surface area (Å²) in [5.41, 5.74) is 7.23. The van der Waals surface area contributed by atoms with Gasteiger partial charge in [0.05, 0.1) is 26.5 Å². The lowest BCUT2D eigenvalue weighted by molar-refractivity contribution is 0.405. The largest absolute Gasteiger partial charge is 0.497 e. The maximum absolute atomic E-state index is 13.1. The van der Waals surface area contributed by atoms with Gasteiger partial charge >= 0.3 is 0 Å². The zero-order valence-corrected chi connectivity index (χ0v) is 12.5. The van der Waals surface area contributed by atoms with E-state index in [-0.39, 0.29) is 18.3 Å². The highest BCUT2D eigenvalue weighted by Gasteiger charge is 2.06.